The zero-order valence-corrected chi connectivity index (χ0v) is 12.8. The Morgan fingerprint density at radius 2 is 2.32 bits per heavy atom. The predicted molar refractivity (Wildman–Crippen MR) is 75.3 cm³/mol. The van der Waals surface area contributed by atoms with Gasteiger partial charge in [-0.1, -0.05) is 18.5 Å². The van der Waals surface area contributed by atoms with Crippen molar-refractivity contribution < 1.29 is 9.53 Å². The molecule has 0 saturated heterocycles. The van der Waals surface area contributed by atoms with Gasteiger partial charge in [0.2, 0.25) is 0 Å². The molecule has 0 aliphatic heterocycles. The van der Waals surface area contributed by atoms with Crippen LogP contribution in [0.4, 0.5) is 0 Å². The van der Waals surface area contributed by atoms with Crippen molar-refractivity contribution in [1.82, 2.24) is 15.1 Å². The molecule has 1 unspecified atom stereocenters. The third kappa shape index (κ3) is 3.94. The highest BCUT2D eigenvalue weighted by molar-refractivity contribution is 6.31. The van der Waals surface area contributed by atoms with Crippen molar-refractivity contribution in [3.8, 4) is 0 Å². The number of carbonyl (C=O) groups excluding carboxylic acids is 1. The van der Waals surface area contributed by atoms with Gasteiger partial charge in [0.25, 0.3) is 0 Å². The van der Waals surface area contributed by atoms with Crippen LogP contribution in [-0.4, -0.2) is 34.9 Å². The number of rotatable bonds is 7. The summed E-state index contributed by atoms with van der Waals surface area (Å²) in [5, 5.41) is 8.07. The molecule has 0 aliphatic carbocycles. The smallest absolute Gasteiger partial charge is 0.325 e. The topological polar surface area (TPSA) is 56.2 Å². The van der Waals surface area contributed by atoms with E-state index in [-0.39, 0.29) is 5.97 Å². The highest BCUT2D eigenvalue weighted by Crippen LogP contribution is 2.17. The second-order valence-electron chi connectivity index (χ2n) is 4.80. The van der Waals surface area contributed by atoms with E-state index in [1.54, 1.807) is 10.9 Å². The number of aryl methyl sites for hydroxylation is 1. The van der Waals surface area contributed by atoms with Gasteiger partial charge in [-0.25, -0.2) is 0 Å². The van der Waals surface area contributed by atoms with Crippen LogP contribution in [0.1, 0.15) is 32.4 Å². The van der Waals surface area contributed by atoms with Crippen molar-refractivity contribution in [2.75, 3.05) is 13.7 Å². The van der Waals surface area contributed by atoms with Crippen LogP contribution in [0.15, 0.2) is 6.20 Å². The number of nitrogens with zero attached hydrogens (tertiary/aromatic N) is 2. The lowest BCUT2D eigenvalue weighted by atomic mass is 9.97. The third-order valence-electron chi connectivity index (χ3n) is 3.27. The molecule has 0 aliphatic rings. The van der Waals surface area contributed by atoms with Crippen LogP contribution in [0, 0.1) is 6.92 Å². The minimum atomic E-state index is -0.699. The van der Waals surface area contributed by atoms with Gasteiger partial charge in [-0.15, -0.1) is 0 Å². The van der Waals surface area contributed by atoms with Gasteiger partial charge in [0.1, 0.15) is 5.54 Å². The molecule has 1 N–H and O–H groups in total. The number of carbonyl (C=O) groups is 1. The summed E-state index contributed by atoms with van der Waals surface area (Å²) in [6.07, 6.45) is 3.17. The van der Waals surface area contributed by atoms with Gasteiger partial charge < -0.3 is 10.1 Å². The lowest BCUT2D eigenvalue weighted by Crippen LogP contribution is -2.51. The molecular formula is C13H22ClN3O2. The number of hydrogen-bond acceptors (Lipinski definition) is 4. The molecular weight excluding hydrogens is 266 g/mol. The SMILES string of the molecule is CCCNC(C)(CCn1ncc(Cl)c1C)C(=O)OC. The van der Waals surface area contributed by atoms with Crippen LogP contribution in [0.25, 0.3) is 0 Å². The summed E-state index contributed by atoms with van der Waals surface area (Å²) in [7, 11) is 1.41. The summed E-state index contributed by atoms with van der Waals surface area (Å²) >= 11 is 5.96. The van der Waals surface area contributed by atoms with Crippen molar-refractivity contribution in [3.63, 3.8) is 0 Å². The van der Waals surface area contributed by atoms with Crippen molar-refractivity contribution in [3.05, 3.63) is 16.9 Å². The van der Waals surface area contributed by atoms with Gasteiger partial charge in [0.05, 0.1) is 24.0 Å². The number of aromatic nitrogens is 2. The number of hydrogen-bond donors (Lipinski definition) is 1. The minimum Gasteiger partial charge on any atom is -0.468 e. The molecule has 19 heavy (non-hydrogen) atoms. The molecule has 0 radical (unpaired) electrons. The summed E-state index contributed by atoms with van der Waals surface area (Å²) < 4.78 is 6.68. The van der Waals surface area contributed by atoms with Gasteiger partial charge in [-0.05, 0) is 33.2 Å². The molecule has 1 rings (SSSR count). The molecule has 5 nitrogen and oxygen atoms in total. The maximum Gasteiger partial charge on any atom is 0.325 e. The third-order valence-corrected chi connectivity index (χ3v) is 3.64. The number of methoxy groups -OCH3 is 1. The molecule has 1 atom stereocenters. The molecule has 0 bridgehead atoms. The van der Waals surface area contributed by atoms with Gasteiger partial charge >= 0.3 is 5.97 Å². The Morgan fingerprint density at radius 1 is 1.63 bits per heavy atom. The highest BCUT2D eigenvalue weighted by Gasteiger charge is 2.33. The first-order valence-electron chi connectivity index (χ1n) is 6.46. The van der Waals surface area contributed by atoms with E-state index in [9.17, 15) is 4.79 Å². The van der Waals surface area contributed by atoms with Crippen molar-refractivity contribution in [2.45, 2.75) is 45.7 Å². The standard InChI is InChI=1S/C13H22ClN3O2/c1-5-7-15-13(3,12(18)19-4)6-8-17-10(2)11(14)9-16-17/h9,15H,5-8H2,1-4H3. The Morgan fingerprint density at radius 3 is 2.79 bits per heavy atom. The van der Waals surface area contributed by atoms with Gasteiger partial charge in [-0.2, -0.15) is 5.10 Å². The Kier molecular flexibility index (Phi) is 5.82. The zero-order chi connectivity index (χ0) is 14.5. The number of ether oxygens (including phenoxy) is 1. The summed E-state index contributed by atoms with van der Waals surface area (Å²) in [6, 6.07) is 0. The summed E-state index contributed by atoms with van der Waals surface area (Å²) in [5.74, 6) is -0.253. The maximum absolute atomic E-state index is 11.9. The normalized spacial score (nSPS) is 14.2. The van der Waals surface area contributed by atoms with Gasteiger partial charge in [-0.3, -0.25) is 9.48 Å². The minimum absolute atomic E-state index is 0.253. The lowest BCUT2D eigenvalue weighted by Gasteiger charge is -2.28. The summed E-state index contributed by atoms with van der Waals surface area (Å²) in [5.41, 5.74) is 0.208. The molecule has 6 heteroatoms. The van der Waals surface area contributed by atoms with Crippen molar-refractivity contribution in [2.24, 2.45) is 0 Å². The lowest BCUT2D eigenvalue weighted by molar-refractivity contribution is -0.148. The monoisotopic (exact) mass is 287 g/mol. The number of nitrogens with one attached hydrogen (secondary N) is 1. The number of halogens is 1. The first kappa shape index (κ1) is 16.0. The van der Waals surface area contributed by atoms with Gasteiger partial charge in [0.15, 0.2) is 0 Å². The van der Waals surface area contributed by atoms with Crippen molar-refractivity contribution in [1.29, 1.82) is 0 Å². The van der Waals surface area contributed by atoms with Crippen molar-refractivity contribution >= 4 is 17.6 Å². The summed E-state index contributed by atoms with van der Waals surface area (Å²) in [4.78, 5) is 11.9. The molecule has 0 amide bonds. The average Bonchev–Trinajstić information content (AvgIpc) is 2.73. The van der Waals surface area contributed by atoms with E-state index >= 15 is 0 Å². The quantitative estimate of drug-likeness (QED) is 0.781. The molecule has 0 aromatic carbocycles. The van der Waals surface area contributed by atoms with E-state index in [1.807, 2.05) is 13.8 Å². The van der Waals surface area contributed by atoms with Crippen LogP contribution >= 0.6 is 11.6 Å². The van der Waals surface area contributed by atoms with Crippen LogP contribution in [-0.2, 0) is 16.1 Å². The molecule has 1 aromatic heterocycles. The Balaban J connectivity index is 2.72. The van der Waals surface area contributed by atoms with E-state index in [2.05, 4.69) is 17.3 Å². The molecule has 108 valence electrons. The van der Waals surface area contributed by atoms with E-state index in [0.29, 0.717) is 18.0 Å². The summed E-state index contributed by atoms with van der Waals surface area (Å²) in [6.45, 7) is 7.20. The van der Waals surface area contributed by atoms with Crippen LogP contribution in [0.3, 0.4) is 0 Å². The van der Waals surface area contributed by atoms with Gasteiger partial charge in [0, 0.05) is 6.54 Å². The van der Waals surface area contributed by atoms with E-state index < -0.39 is 5.54 Å². The fourth-order valence-electron chi connectivity index (χ4n) is 1.87. The Bertz CT molecular complexity index is 434. The van der Waals surface area contributed by atoms with E-state index in [1.165, 1.54) is 7.11 Å². The first-order chi connectivity index (χ1) is 8.94. The number of esters is 1. The van der Waals surface area contributed by atoms with Crippen LogP contribution < -0.4 is 5.32 Å². The molecule has 0 spiro atoms. The fraction of sp³-hybridized carbons (Fsp3) is 0.692. The largest absolute Gasteiger partial charge is 0.468 e. The molecule has 1 heterocycles. The maximum atomic E-state index is 11.9. The second-order valence-corrected chi connectivity index (χ2v) is 5.21. The fourth-order valence-corrected chi connectivity index (χ4v) is 2.01. The molecule has 0 saturated carbocycles. The highest BCUT2D eigenvalue weighted by atomic mass is 35.5. The second kappa shape index (κ2) is 6.91. The van der Waals surface area contributed by atoms with E-state index in [4.69, 9.17) is 16.3 Å². The van der Waals surface area contributed by atoms with Crippen LogP contribution in [0.5, 0.6) is 0 Å². The Labute approximate surface area is 119 Å². The molecule has 1 aromatic rings. The van der Waals surface area contributed by atoms with E-state index in [0.717, 1.165) is 18.7 Å². The zero-order valence-electron chi connectivity index (χ0n) is 12.0. The first-order valence-corrected chi connectivity index (χ1v) is 6.83. The Hall–Kier alpha value is -1.07. The molecule has 0 fully saturated rings. The van der Waals surface area contributed by atoms with Crippen LogP contribution in [0.2, 0.25) is 5.02 Å². The average molecular weight is 288 g/mol. The predicted octanol–water partition coefficient (Wildman–Crippen LogP) is 2.17.